The smallest absolute Gasteiger partial charge is 0.250 e. The molecule has 2 N–H and O–H groups in total. The molecule has 142 valence electrons. The average Bonchev–Trinajstić information content (AvgIpc) is 3.14. The van der Waals surface area contributed by atoms with Gasteiger partial charge in [0.25, 0.3) is 0 Å². The third-order valence-electron chi connectivity index (χ3n) is 3.72. The van der Waals surface area contributed by atoms with Gasteiger partial charge in [-0.25, -0.2) is 4.98 Å². The van der Waals surface area contributed by atoms with Crippen molar-refractivity contribution in [2.75, 3.05) is 17.7 Å². The molecule has 1 aromatic heterocycles. The molecule has 0 spiro atoms. The summed E-state index contributed by atoms with van der Waals surface area (Å²) < 4.78 is 5.09. The zero-order valence-electron chi connectivity index (χ0n) is 15.2. The highest BCUT2D eigenvalue weighted by Crippen LogP contribution is 2.18. The van der Waals surface area contributed by atoms with Crippen LogP contribution in [0, 0.1) is 0 Å². The number of amides is 2. The standard InChI is InChI=1S/C21H19N3O3S/c1-27-18-10-8-16(9-11-18)22-20(26)13-17-14-28-21(23-17)24-19(25)12-7-15-5-3-2-4-6-15/h2-12,14H,13H2,1H3,(H,22,26)(H,23,24,25)/b12-7+. The number of rotatable bonds is 7. The lowest BCUT2D eigenvalue weighted by molar-refractivity contribution is -0.115. The summed E-state index contributed by atoms with van der Waals surface area (Å²) in [5.74, 6) is 0.268. The molecule has 3 aromatic rings. The minimum atomic E-state index is -0.271. The maximum atomic E-state index is 12.2. The van der Waals surface area contributed by atoms with E-state index in [9.17, 15) is 9.59 Å². The lowest BCUT2D eigenvalue weighted by atomic mass is 10.2. The molecule has 0 saturated heterocycles. The Labute approximate surface area is 166 Å². The Kier molecular flexibility index (Phi) is 6.54. The van der Waals surface area contributed by atoms with Gasteiger partial charge in [0.05, 0.1) is 19.2 Å². The summed E-state index contributed by atoms with van der Waals surface area (Å²) in [6.07, 6.45) is 3.30. The number of carbonyl (C=O) groups is 2. The summed E-state index contributed by atoms with van der Waals surface area (Å²) >= 11 is 1.28. The maximum absolute atomic E-state index is 12.2. The third kappa shape index (κ3) is 5.78. The van der Waals surface area contributed by atoms with Crippen LogP contribution in [0.5, 0.6) is 5.75 Å². The molecule has 1 heterocycles. The Morgan fingerprint density at radius 2 is 1.82 bits per heavy atom. The predicted molar refractivity (Wildman–Crippen MR) is 112 cm³/mol. The molecule has 0 unspecified atom stereocenters. The molecule has 0 saturated carbocycles. The van der Waals surface area contributed by atoms with E-state index in [1.54, 1.807) is 42.8 Å². The van der Waals surface area contributed by atoms with Crippen molar-refractivity contribution in [3.8, 4) is 5.75 Å². The molecule has 28 heavy (non-hydrogen) atoms. The van der Waals surface area contributed by atoms with Crippen LogP contribution in [-0.4, -0.2) is 23.9 Å². The van der Waals surface area contributed by atoms with Gasteiger partial charge in [-0.05, 0) is 35.9 Å². The Bertz CT molecular complexity index is 966. The van der Waals surface area contributed by atoms with E-state index in [0.29, 0.717) is 16.5 Å². The molecule has 0 bridgehead atoms. The van der Waals surface area contributed by atoms with Crippen LogP contribution in [0.1, 0.15) is 11.3 Å². The van der Waals surface area contributed by atoms with Crippen molar-refractivity contribution in [2.24, 2.45) is 0 Å². The number of ether oxygens (including phenoxy) is 1. The first-order valence-electron chi connectivity index (χ1n) is 8.55. The van der Waals surface area contributed by atoms with Crippen LogP contribution in [0.25, 0.3) is 6.08 Å². The Morgan fingerprint density at radius 1 is 1.07 bits per heavy atom. The van der Waals surface area contributed by atoms with Crippen molar-refractivity contribution in [3.63, 3.8) is 0 Å². The third-order valence-corrected chi connectivity index (χ3v) is 4.53. The van der Waals surface area contributed by atoms with Crippen LogP contribution < -0.4 is 15.4 Å². The summed E-state index contributed by atoms with van der Waals surface area (Å²) in [6.45, 7) is 0. The van der Waals surface area contributed by atoms with Gasteiger partial charge in [-0.1, -0.05) is 30.3 Å². The molecule has 0 fully saturated rings. The topological polar surface area (TPSA) is 80.3 Å². The fraction of sp³-hybridized carbons (Fsp3) is 0.0952. The lowest BCUT2D eigenvalue weighted by Gasteiger charge is -2.05. The minimum absolute atomic E-state index is 0.123. The van der Waals surface area contributed by atoms with Gasteiger partial charge in [-0.2, -0.15) is 0 Å². The molecule has 2 amide bonds. The first-order chi connectivity index (χ1) is 13.6. The fourth-order valence-electron chi connectivity index (χ4n) is 2.37. The molecular weight excluding hydrogens is 374 g/mol. The summed E-state index contributed by atoms with van der Waals surface area (Å²) in [4.78, 5) is 28.4. The molecule has 0 aliphatic carbocycles. The van der Waals surface area contributed by atoms with Crippen molar-refractivity contribution in [1.29, 1.82) is 0 Å². The van der Waals surface area contributed by atoms with Gasteiger partial charge in [0.1, 0.15) is 5.75 Å². The van der Waals surface area contributed by atoms with Crippen LogP contribution in [-0.2, 0) is 16.0 Å². The lowest BCUT2D eigenvalue weighted by Crippen LogP contribution is -2.14. The molecule has 0 radical (unpaired) electrons. The van der Waals surface area contributed by atoms with Crippen molar-refractivity contribution in [1.82, 2.24) is 4.98 Å². The molecule has 0 atom stereocenters. The summed E-state index contributed by atoms with van der Waals surface area (Å²) in [7, 11) is 1.59. The number of nitrogens with one attached hydrogen (secondary N) is 2. The second-order valence-corrected chi connectivity index (χ2v) is 6.69. The summed E-state index contributed by atoms with van der Waals surface area (Å²) in [5.41, 5.74) is 2.21. The van der Waals surface area contributed by atoms with Gasteiger partial charge in [0.2, 0.25) is 11.8 Å². The highest BCUT2D eigenvalue weighted by molar-refractivity contribution is 7.14. The van der Waals surface area contributed by atoms with E-state index in [-0.39, 0.29) is 18.2 Å². The zero-order chi connectivity index (χ0) is 19.8. The average molecular weight is 393 g/mol. The van der Waals surface area contributed by atoms with E-state index in [4.69, 9.17) is 4.74 Å². The van der Waals surface area contributed by atoms with Crippen molar-refractivity contribution < 1.29 is 14.3 Å². The van der Waals surface area contributed by atoms with Crippen LogP contribution in [0.3, 0.4) is 0 Å². The van der Waals surface area contributed by atoms with Gasteiger partial charge < -0.3 is 10.1 Å². The summed E-state index contributed by atoms with van der Waals surface area (Å²) in [6, 6.07) is 16.6. The molecule has 0 aliphatic rings. The molecule has 2 aromatic carbocycles. The van der Waals surface area contributed by atoms with Gasteiger partial charge in [-0.3, -0.25) is 14.9 Å². The first kappa shape index (κ1) is 19.3. The highest BCUT2D eigenvalue weighted by Gasteiger charge is 2.09. The fourth-order valence-corrected chi connectivity index (χ4v) is 3.09. The normalized spacial score (nSPS) is 10.6. The Morgan fingerprint density at radius 3 is 2.54 bits per heavy atom. The monoisotopic (exact) mass is 393 g/mol. The van der Waals surface area contributed by atoms with E-state index in [0.717, 1.165) is 11.3 Å². The SMILES string of the molecule is COc1ccc(NC(=O)Cc2csc(NC(=O)/C=C/c3ccccc3)n2)cc1. The number of methoxy groups -OCH3 is 1. The number of benzene rings is 2. The van der Waals surface area contributed by atoms with Crippen LogP contribution in [0.2, 0.25) is 0 Å². The van der Waals surface area contributed by atoms with E-state index >= 15 is 0 Å². The summed E-state index contributed by atoms with van der Waals surface area (Å²) in [5, 5.41) is 7.71. The van der Waals surface area contributed by atoms with Crippen molar-refractivity contribution in [3.05, 3.63) is 77.3 Å². The van der Waals surface area contributed by atoms with Crippen LogP contribution in [0.4, 0.5) is 10.8 Å². The molecule has 6 nitrogen and oxygen atoms in total. The van der Waals surface area contributed by atoms with Crippen LogP contribution in [0.15, 0.2) is 66.1 Å². The van der Waals surface area contributed by atoms with Gasteiger partial charge in [0, 0.05) is 17.1 Å². The number of hydrogen-bond donors (Lipinski definition) is 2. The zero-order valence-corrected chi connectivity index (χ0v) is 16.0. The van der Waals surface area contributed by atoms with E-state index in [2.05, 4.69) is 15.6 Å². The second kappa shape index (κ2) is 9.48. The largest absolute Gasteiger partial charge is 0.497 e. The quantitative estimate of drug-likeness (QED) is 0.595. The number of carbonyl (C=O) groups excluding carboxylic acids is 2. The number of anilines is 2. The van der Waals surface area contributed by atoms with Crippen molar-refractivity contribution in [2.45, 2.75) is 6.42 Å². The number of aromatic nitrogens is 1. The molecule has 7 heteroatoms. The molecule has 3 rings (SSSR count). The Balaban J connectivity index is 1.51. The first-order valence-corrected chi connectivity index (χ1v) is 9.43. The van der Waals surface area contributed by atoms with Gasteiger partial charge >= 0.3 is 0 Å². The Hall–Kier alpha value is -3.45. The van der Waals surface area contributed by atoms with E-state index in [1.807, 2.05) is 30.3 Å². The van der Waals surface area contributed by atoms with Crippen molar-refractivity contribution >= 4 is 40.0 Å². The number of thiazole rings is 1. The number of hydrogen-bond acceptors (Lipinski definition) is 5. The molecular formula is C21H19N3O3S. The van der Waals surface area contributed by atoms with Crippen LogP contribution >= 0.6 is 11.3 Å². The van der Waals surface area contributed by atoms with E-state index < -0.39 is 0 Å². The number of nitrogens with zero attached hydrogens (tertiary/aromatic N) is 1. The predicted octanol–water partition coefficient (Wildman–Crippen LogP) is 3.98. The maximum Gasteiger partial charge on any atom is 0.250 e. The molecule has 0 aliphatic heterocycles. The van der Waals surface area contributed by atoms with Gasteiger partial charge in [-0.15, -0.1) is 11.3 Å². The minimum Gasteiger partial charge on any atom is -0.497 e. The highest BCUT2D eigenvalue weighted by atomic mass is 32.1. The second-order valence-electron chi connectivity index (χ2n) is 5.83. The van der Waals surface area contributed by atoms with Gasteiger partial charge in [0.15, 0.2) is 5.13 Å². The van der Waals surface area contributed by atoms with E-state index in [1.165, 1.54) is 17.4 Å².